The minimum atomic E-state index is -0.794. The van der Waals surface area contributed by atoms with E-state index in [1.54, 1.807) is 79.9 Å². The van der Waals surface area contributed by atoms with Crippen molar-refractivity contribution in [1.29, 1.82) is 0 Å². The summed E-state index contributed by atoms with van der Waals surface area (Å²) in [5, 5.41) is 0. The number of ether oxygens (including phenoxy) is 5. The highest BCUT2D eigenvalue weighted by molar-refractivity contribution is 5.96. The number of carbonyl (C=O) groups is 3. The van der Waals surface area contributed by atoms with Crippen molar-refractivity contribution in [2.45, 2.75) is 26.2 Å². The van der Waals surface area contributed by atoms with Gasteiger partial charge in [-0.2, -0.15) is 0 Å². The molecule has 0 amide bonds. The smallest absolute Gasteiger partial charge is 0.338 e. The molecule has 0 saturated carbocycles. The van der Waals surface area contributed by atoms with Crippen molar-refractivity contribution in [3.05, 3.63) is 89.5 Å². The molecular formula is C31H34O8. The molecule has 0 aliphatic heterocycles. The van der Waals surface area contributed by atoms with Gasteiger partial charge in [0.05, 0.1) is 32.5 Å². The normalized spacial score (nSPS) is 10.9. The zero-order chi connectivity index (χ0) is 28.3. The highest BCUT2D eigenvalue weighted by Crippen LogP contribution is 2.32. The van der Waals surface area contributed by atoms with Crippen molar-refractivity contribution in [2.24, 2.45) is 5.41 Å². The number of methoxy groups -OCH3 is 3. The Hall–Kier alpha value is -4.33. The van der Waals surface area contributed by atoms with Crippen LogP contribution in [0.2, 0.25) is 0 Å². The third-order valence-electron chi connectivity index (χ3n) is 6.65. The molecule has 0 radical (unpaired) electrons. The van der Waals surface area contributed by atoms with Gasteiger partial charge >= 0.3 is 11.9 Å². The van der Waals surface area contributed by atoms with E-state index in [-0.39, 0.29) is 25.4 Å². The Labute approximate surface area is 228 Å². The van der Waals surface area contributed by atoms with Crippen LogP contribution >= 0.6 is 0 Å². The molecule has 0 saturated heterocycles. The Bertz CT molecular complexity index is 1130. The number of esters is 2. The van der Waals surface area contributed by atoms with Crippen molar-refractivity contribution >= 4 is 17.7 Å². The van der Waals surface area contributed by atoms with Crippen molar-refractivity contribution in [3.63, 3.8) is 0 Å². The maximum absolute atomic E-state index is 13.0. The summed E-state index contributed by atoms with van der Waals surface area (Å²) in [6, 6.07) is 20.2. The summed E-state index contributed by atoms with van der Waals surface area (Å²) in [5.74, 6) is 0.478. The van der Waals surface area contributed by atoms with Crippen LogP contribution in [0, 0.1) is 5.41 Å². The maximum atomic E-state index is 13.0. The number of hydrogen-bond acceptors (Lipinski definition) is 8. The molecule has 3 aromatic rings. The van der Waals surface area contributed by atoms with Gasteiger partial charge in [0.1, 0.15) is 30.5 Å². The predicted octanol–water partition coefficient (Wildman–Crippen LogP) is 5.79. The Balaban J connectivity index is 1.77. The first-order chi connectivity index (χ1) is 18.8. The molecule has 0 unspecified atom stereocenters. The van der Waals surface area contributed by atoms with Crippen LogP contribution in [0.5, 0.6) is 17.2 Å². The highest BCUT2D eigenvalue weighted by atomic mass is 16.5. The first-order valence-corrected chi connectivity index (χ1v) is 12.6. The standard InChI is InChI=1S/C31H34O8/c1-5-31(16-15-28(32)22-9-6-12-25(17-22)35-2,20-38-29(33)23-10-7-13-26(18-23)36-3)21-39-30(34)24-11-8-14-27(19-24)37-4/h6-14,17-19H,5,15-16,20-21H2,1-4H3. The lowest BCUT2D eigenvalue weighted by Crippen LogP contribution is -2.34. The quantitative estimate of drug-likeness (QED) is 0.190. The second-order valence-corrected chi connectivity index (χ2v) is 9.12. The van der Waals surface area contributed by atoms with Gasteiger partial charge in [0.2, 0.25) is 0 Å². The Morgan fingerprint density at radius 1 is 0.641 bits per heavy atom. The number of carbonyl (C=O) groups excluding carboxylic acids is 3. The first kappa shape index (κ1) is 29.2. The van der Waals surface area contributed by atoms with E-state index < -0.39 is 17.4 Å². The van der Waals surface area contributed by atoms with E-state index in [1.165, 1.54) is 14.2 Å². The summed E-state index contributed by atoms with van der Waals surface area (Å²) in [6.45, 7) is 1.82. The zero-order valence-electron chi connectivity index (χ0n) is 22.7. The third kappa shape index (κ3) is 8.07. The van der Waals surface area contributed by atoms with Crippen molar-refractivity contribution in [3.8, 4) is 17.2 Å². The Morgan fingerprint density at radius 3 is 1.46 bits per heavy atom. The van der Waals surface area contributed by atoms with Gasteiger partial charge in [-0.05, 0) is 61.4 Å². The van der Waals surface area contributed by atoms with Crippen molar-refractivity contribution in [1.82, 2.24) is 0 Å². The molecule has 0 aliphatic carbocycles. The van der Waals surface area contributed by atoms with Gasteiger partial charge in [-0.15, -0.1) is 0 Å². The molecule has 8 heteroatoms. The molecule has 0 spiro atoms. The van der Waals surface area contributed by atoms with Gasteiger partial charge in [0.25, 0.3) is 0 Å². The van der Waals surface area contributed by atoms with E-state index in [4.69, 9.17) is 23.7 Å². The monoisotopic (exact) mass is 534 g/mol. The molecule has 8 nitrogen and oxygen atoms in total. The fourth-order valence-corrected chi connectivity index (χ4v) is 3.99. The predicted molar refractivity (Wildman–Crippen MR) is 146 cm³/mol. The molecule has 0 bridgehead atoms. The summed E-state index contributed by atoms with van der Waals surface area (Å²) in [6.07, 6.45) is 0.986. The van der Waals surface area contributed by atoms with E-state index in [0.29, 0.717) is 46.8 Å². The minimum absolute atomic E-state index is 0.0453. The SMILES string of the molecule is CCC(CCC(=O)c1cccc(OC)c1)(COC(=O)c1cccc(OC)c1)COC(=O)c1cccc(OC)c1. The number of hydrogen-bond donors (Lipinski definition) is 0. The van der Waals surface area contributed by atoms with E-state index in [2.05, 4.69) is 0 Å². The average molecular weight is 535 g/mol. The Kier molecular flexibility index (Phi) is 10.5. The molecule has 39 heavy (non-hydrogen) atoms. The number of rotatable bonds is 14. The first-order valence-electron chi connectivity index (χ1n) is 12.6. The average Bonchev–Trinajstić information content (AvgIpc) is 3.00. The largest absolute Gasteiger partial charge is 0.497 e. The molecule has 0 heterocycles. The number of benzene rings is 3. The van der Waals surface area contributed by atoms with Gasteiger partial charge in [0.15, 0.2) is 5.78 Å². The second kappa shape index (κ2) is 14.0. The molecule has 0 aliphatic rings. The molecule has 3 rings (SSSR count). The lowest BCUT2D eigenvalue weighted by atomic mass is 9.81. The maximum Gasteiger partial charge on any atom is 0.338 e. The summed E-state index contributed by atoms with van der Waals surface area (Å²) >= 11 is 0. The highest BCUT2D eigenvalue weighted by Gasteiger charge is 2.33. The van der Waals surface area contributed by atoms with Gasteiger partial charge in [0, 0.05) is 17.4 Å². The van der Waals surface area contributed by atoms with Crippen LogP contribution in [0.4, 0.5) is 0 Å². The lowest BCUT2D eigenvalue weighted by molar-refractivity contribution is -0.0105. The topological polar surface area (TPSA) is 97.4 Å². The van der Waals surface area contributed by atoms with E-state index in [0.717, 1.165) is 0 Å². The molecule has 0 atom stereocenters. The number of ketones is 1. The van der Waals surface area contributed by atoms with Crippen molar-refractivity contribution < 1.29 is 38.1 Å². The molecule has 0 aromatic heterocycles. The number of Topliss-reactive ketones (excluding diaryl/α,β-unsaturated/α-hetero) is 1. The van der Waals surface area contributed by atoms with Gasteiger partial charge in [-0.3, -0.25) is 4.79 Å². The fourth-order valence-electron chi connectivity index (χ4n) is 3.99. The van der Waals surface area contributed by atoms with Crippen LogP contribution in [-0.2, 0) is 9.47 Å². The van der Waals surface area contributed by atoms with Gasteiger partial charge in [-0.25, -0.2) is 9.59 Å². The molecule has 0 fully saturated rings. The van der Waals surface area contributed by atoms with Crippen LogP contribution in [-0.4, -0.2) is 52.3 Å². The Morgan fingerprint density at radius 2 is 1.05 bits per heavy atom. The second-order valence-electron chi connectivity index (χ2n) is 9.12. The fraction of sp³-hybridized carbons (Fsp3) is 0.323. The minimum Gasteiger partial charge on any atom is -0.497 e. The summed E-state index contributed by atoms with van der Waals surface area (Å²) in [5.41, 5.74) is 0.388. The third-order valence-corrected chi connectivity index (χ3v) is 6.65. The van der Waals surface area contributed by atoms with Crippen LogP contribution < -0.4 is 14.2 Å². The van der Waals surface area contributed by atoms with Crippen LogP contribution in [0.25, 0.3) is 0 Å². The van der Waals surface area contributed by atoms with E-state index >= 15 is 0 Å². The molecular weight excluding hydrogens is 500 g/mol. The molecule has 206 valence electrons. The summed E-state index contributed by atoms with van der Waals surface area (Å²) < 4.78 is 27.0. The van der Waals surface area contributed by atoms with Gasteiger partial charge < -0.3 is 23.7 Å². The van der Waals surface area contributed by atoms with E-state index in [1.807, 2.05) is 6.92 Å². The molecule has 0 N–H and O–H groups in total. The lowest BCUT2D eigenvalue weighted by Gasteiger charge is -2.31. The van der Waals surface area contributed by atoms with E-state index in [9.17, 15) is 14.4 Å². The summed E-state index contributed by atoms with van der Waals surface area (Å²) in [4.78, 5) is 38.7. The molecule has 3 aromatic carbocycles. The van der Waals surface area contributed by atoms with Gasteiger partial charge in [-0.1, -0.05) is 31.2 Å². The van der Waals surface area contributed by atoms with Crippen LogP contribution in [0.3, 0.4) is 0 Å². The van der Waals surface area contributed by atoms with Crippen LogP contribution in [0.15, 0.2) is 72.8 Å². The summed E-state index contributed by atoms with van der Waals surface area (Å²) in [7, 11) is 4.57. The van der Waals surface area contributed by atoms with Crippen molar-refractivity contribution in [2.75, 3.05) is 34.5 Å². The van der Waals surface area contributed by atoms with Crippen LogP contribution in [0.1, 0.15) is 57.3 Å². The zero-order valence-corrected chi connectivity index (χ0v) is 22.7.